The lowest BCUT2D eigenvalue weighted by Crippen LogP contribution is -2.36. The Hall–Kier alpha value is -1.60. The van der Waals surface area contributed by atoms with Crippen molar-refractivity contribution < 1.29 is 9.26 Å². The molecule has 7 heteroatoms. The van der Waals surface area contributed by atoms with Gasteiger partial charge in [0, 0.05) is 13.1 Å². The van der Waals surface area contributed by atoms with Crippen LogP contribution >= 0.6 is 11.3 Å². The highest BCUT2D eigenvalue weighted by atomic mass is 32.1. The third-order valence-corrected chi connectivity index (χ3v) is 4.03. The molecule has 0 bridgehead atoms. The number of anilines is 2. The zero-order valence-corrected chi connectivity index (χ0v) is 10.9. The highest BCUT2D eigenvalue weighted by Crippen LogP contribution is 2.34. The van der Waals surface area contributed by atoms with Crippen LogP contribution in [0.2, 0.25) is 0 Å². The maximum absolute atomic E-state index is 5.97. The monoisotopic (exact) mass is 266 g/mol. The highest BCUT2D eigenvalue weighted by molar-refractivity contribution is 7.14. The molecule has 0 spiro atoms. The first kappa shape index (κ1) is 11.5. The van der Waals surface area contributed by atoms with E-state index in [1.54, 1.807) is 0 Å². The van der Waals surface area contributed by atoms with Gasteiger partial charge in [-0.15, -0.1) is 11.3 Å². The van der Waals surface area contributed by atoms with E-state index in [1.165, 1.54) is 11.3 Å². The quantitative estimate of drug-likeness (QED) is 0.888. The number of hydrogen-bond donors (Lipinski definition) is 1. The van der Waals surface area contributed by atoms with Crippen LogP contribution in [0.5, 0.6) is 0 Å². The first-order valence-electron chi connectivity index (χ1n) is 5.76. The summed E-state index contributed by atoms with van der Waals surface area (Å²) in [4.78, 5) is 7.30. The summed E-state index contributed by atoms with van der Waals surface area (Å²) in [5.41, 5.74) is 7.73. The largest absolute Gasteiger partial charge is 0.397 e. The van der Waals surface area contributed by atoms with Crippen molar-refractivity contribution >= 4 is 23.0 Å². The first-order valence-corrected chi connectivity index (χ1v) is 6.64. The molecule has 0 saturated carbocycles. The average Bonchev–Trinajstić information content (AvgIpc) is 3.00. The van der Waals surface area contributed by atoms with Gasteiger partial charge < -0.3 is 19.9 Å². The Morgan fingerprint density at radius 3 is 2.83 bits per heavy atom. The summed E-state index contributed by atoms with van der Waals surface area (Å²) in [6.45, 7) is 4.94. The summed E-state index contributed by atoms with van der Waals surface area (Å²) in [5, 5.41) is 5.99. The number of aromatic nitrogens is 2. The fourth-order valence-corrected chi connectivity index (χ4v) is 2.71. The van der Waals surface area contributed by atoms with E-state index in [2.05, 4.69) is 10.1 Å². The molecule has 2 N–H and O–H groups in total. The maximum atomic E-state index is 5.97. The predicted molar refractivity (Wildman–Crippen MR) is 69.8 cm³/mol. The van der Waals surface area contributed by atoms with Crippen molar-refractivity contribution in [2.75, 3.05) is 36.9 Å². The van der Waals surface area contributed by atoms with Gasteiger partial charge in [0.1, 0.15) is 4.88 Å². The van der Waals surface area contributed by atoms with E-state index in [0.717, 1.165) is 29.2 Å². The molecule has 0 aromatic carbocycles. The molecule has 3 rings (SSSR count). The smallest absolute Gasteiger partial charge is 0.271 e. The van der Waals surface area contributed by atoms with Gasteiger partial charge in [0.15, 0.2) is 0 Å². The molecule has 2 aromatic heterocycles. The highest BCUT2D eigenvalue weighted by Gasteiger charge is 2.20. The van der Waals surface area contributed by atoms with Gasteiger partial charge in [-0.3, -0.25) is 0 Å². The van der Waals surface area contributed by atoms with E-state index >= 15 is 0 Å². The Kier molecular flexibility index (Phi) is 2.92. The van der Waals surface area contributed by atoms with Gasteiger partial charge in [-0.25, -0.2) is 0 Å². The Morgan fingerprint density at radius 2 is 2.17 bits per heavy atom. The molecule has 1 aliphatic rings. The van der Waals surface area contributed by atoms with Gasteiger partial charge >= 0.3 is 0 Å². The van der Waals surface area contributed by atoms with Crippen LogP contribution in [0.4, 0.5) is 11.6 Å². The van der Waals surface area contributed by atoms with Gasteiger partial charge in [-0.1, -0.05) is 0 Å². The van der Waals surface area contributed by atoms with Crippen LogP contribution in [-0.2, 0) is 4.74 Å². The molecule has 1 aliphatic heterocycles. The second-order valence-electron chi connectivity index (χ2n) is 4.16. The molecule has 0 atom stereocenters. The third kappa shape index (κ3) is 1.95. The Morgan fingerprint density at radius 1 is 1.39 bits per heavy atom. The molecule has 0 amide bonds. The van der Waals surface area contributed by atoms with Gasteiger partial charge in [0.2, 0.25) is 0 Å². The van der Waals surface area contributed by atoms with Crippen LogP contribution in [0, 0.1) is 6.92 Å². The summed E-state index contributed by atoms with van der Waals surface area (Å²) in [5.74, 6) is 1.10. The molecule has 6 nitrogen and oxygen atoms in total. The second-order valence-corrected chi connectivity index (χ2v) is 5.04. The number of rotatable bonds is 2. The van der Waals surface area contributed by atoms with Crippen molar-refractivity contribution in [2.24, 2.45) is 0 Å². The molecule has 1 fully saturated rings. The van der Waals surface area contributed by atoms with Crippen LogP contribution in [0.15, 0.2) is 9.90 Å². The number of morpholine rings is 1. The number of hydrogen-bond acceptors (Lipinski definition) is 7. The van der Waals surface area contributed by atoms with E-state index in [9.17, 15) is 0 Å². The Bertz CT molecular complexity index is 545. The molecule has 2 aromatic rings. The molecule has 0 aliphatic carbocycles. The number of aryl methyl sites for hydroxylation is 1. The topological polar surface area (TPSA) is 77.4 Å². The fraction of sp³-hybridized carbons (Fsp3) is 0.455. The lowest BCUT2D eigenvalue weighted by atomic mass is 10.3. The number of nitrogens with zero attached hydrogens (tertiary/aromatic N) is 3. The van der Waals surface area contributed by atoms with Gasteiger partial charge in [0.05, 0.1) is 18.9 Å². The van der Waals surface area contributed by atoms with Crippen LogP contribution < -0.4 is 10.6 Å². The summed E-state index contributed by atoms with van der Waals surface area (Å²) < 4.78 is 10.6. The van der Waals surface area contributed by atoms with Crippen LogP contribution in [0.1, 0.15) is 5.56 Å². The number of ether oxygens (including phenoxy) is 1. The Labute approximate surface area is 108 Å². The van der Waals surface area contributed by atoms with Crippen molar-refractivity contribution in [1.82, 2.24) is 10.1 Å². The van der Waals surface area contributed by atoms with E-state index < -0.39 is 0 Å². The van der Waals surface area contributed by atoms with Crippen LogP contribution in [0.3, 0.4) is 0 Å². The van der Waals surface area contributed by atoms with E-state index in [0.29, 0.717) is 25.1 Å². The van der Waals surface area contributed by atoms with E-state index in [-0.39, 0.29) is 0 Å². The summed E-state index contributed by atoms with van der Waals surface area (Å²) >= 11 is 1.52. The van der Waals surface area contributed by atoms with Gasteiger partial charge in [-0.05, 0) is 23.0 Å². The van der Waals surface area contributed by atoms with Crippen molar-refractivity contribution in [3.8, 4) is 10.8 Å². The molecule has 0 radical (unpaired) electrons. The minimum Gasteiger partial charge on any atom is -0.397 e. The van der Waals surface area contributed by atoms with E-state index in [1.807, 2.05) is 17.2 Å². The normalized spacial score (nSPS) is 16.2. The maximum Gasteiger partial charge on any atom is 0.271 e. The molecule has 1 saturated heterocycles. The zero-order chi connectivity index (χ0) is 12.5. The minimum absolute atomic E-state index is 0.493. The molecule has 3 heterocycles. The summed E-state index contributed by atoms with van der Waals surface area (Å²) in [7, 11) is 0. The van der Waals surface area contributed by atoms with Crippen molar-refractivity contribution in [3.05, 3.63) is 10.9 Å². The molecule has 0 unspecified atom stereocenters. The van der Waals surface area contributed by atoms with Crippen LogP contribution in [-0.4, -0.2) is 36.4 Å². The molecule has 18 heavy (non-hydrogen) atoms. The van der Waals surface area contributed by atoms with Gasteiger partial charge in [0.25, 0.3) is 11.8 Å². The SMILES string of the molecule is Cc1csc(-c2nc(N3CCOCC3)no2)c1N. The predicted octanol–water partition coefficient (Wildman–Crippen LogP) is 1.53. The van der Waals surface area contributed by atoms with Crippen LogP contribution in [0.25, 0.3) is 10.8 Å². The van der Waals surface area contributed by atoms with Crippen molar-refractivity contribution in [2.45, 2.75) is 6.92 Å². The number of nitrogen functional groups attached to an aromatic ring is 1. The van der Waals surface area contributed by atoms with Gasteiger partial charge in [-0.2, -0.15) is 4.98 Å². The standard InChI is InChI=1S/C11H14N4O2S/c1-7-6-18-9(8(7)12)10-13-11(14-17-10)15-2-4-16-5-3-15/h6H,2-5,12H2,1H3. The number of nitrogens with two attached hydrogens (primary N) is 1. The zero-order valence-electron chi connectivity index (χ0n) is 10.0. The molecule has 96 valence electrons. The van der Waals surface area contributed by atoms with E-state index in [4.69, 9.17) is 15.0 Å². The van der Waals surface area contributed by atoms with Crippen molar-refractivity contribution in [1.29, 1.82) is 0 Å². The average molecular weight is 266 g/mol. The third-order valence-electron chi connectivity index (χ3n) is 2.93. The summed E-state index contributed by atoms with van der Waals surface area (Å²) in [6, 6.07) is 0. The molecular formula is C11H14N4O2S. The van der Waals surface area contributed by atoms with Crippen molar-refractivity contribution in [3.63, 3.8) is 0 Å². The first-order chi connectivity index (χ1) is 8.75. The second kappa shape index (κ2) is 4.58. The number of thiophene rings is 1. The lowest BCUT2D eigenvalue weighted by molar-refractivity contribution is 0.121. The summed E-state index contributed by atoms with van der Waals surface area (Å²) in [6.07, 6.45) is 0. The Balaban J connectivity index is 1.87. The molecular weight excluding hydrogens is 252 g/mol. The minimum atomic E-state index is 0.493. The fourth-order valence-electron chi connectivity index (χ4n) is 1.82. The lowest BCUT2D eigenvalue weighted by Gasteiger charge is -2.24.